The number of rotatable bonds is 6. The van der Waals surface area contributed by atoms with Crippen LogP contribution in [-0.4, -0.2) is 19.3 Å². The molecule has 0 amide bonds. The van der Waals surface area contributed by atoms with Crippen LogP contribution in [0.3, 0.4) is 0 Å². The molecular weight excluding hydrogens is 290 g/mol. The van der Waals surface area contributed by atoms with E-state index in [9.17, 15) is 0 Å². The Morgan fingerprint density at radius 2 is 1.57 bits per heavy atom. The van der Waals surface area contributed by atoms with E-state index in [1.165, 1.54) is 5.56 Å². The number of benzene rings is 2. The second-order valence-corrected chi connectivity index (χ2v) is 6.13. The normalized spacial score (nSPS) is 16.5. The summed E-state index contributed by atoms with van der Waals surface area (Å²) < 4.78 is 15.6. The van der Waals surface area contributed by atoms with Crippen LogP contribution >= 0.6 is 0 Å². The van der Waals surface area contributed by atoms with E-state index in [0.29, 0.717) is 12.4 Å². The average molecular weight is 309 g/mol. The minimum atomic E-state index is -0.149. The van der Waals surface area contributed by atoms with Gasteiger partial charge in [-0.15, -0.1) is 5.26 Å². The van der Waals surface area contributed by atoms with Gasteiger partial charge in [-0.25, -0.2) is 0 Å². The highest BCUT2D eigenvalue weighted by atomic mass is 16.6. The van der Waals surface area contributed by atoms with Gasteiger partial charge in [0.2, 0.25) is 0 Å². The summed E-state index contributed by atoms with van der Waals surface area (Å²) >= 11 is 0. The summed E-state index contributed by atoms with van der Waals surface area (Å²) in [5.41, 5.74) is 2.20. The first-order chi connectivity index (χ1) is 11.1. The van der Waals surface area contributed by atoms with Crippen LogP contribution in [0.5, 0.6) is 11.5 Å². The third-order valence-corrected chi connectivity index (χ3v) is 4.15. The molecule has 23 heavy (non-hydrogen) atoms. The van der Waals surface area contributed by atoms with Gasteiger partial charge in [0, 0.05) is 5.41 Å². The van der Waals surface area contributed by atoms with Crippen LogP contribution in [-0.2, 0) is 10.2 Å². The maximum atomic E-state index is 8.54. The van der Waals surface area contributed by atoms with E-state index in [2.05, 4.69) is 26.0 Å². The van der Waals surface area contributed by atoms with E-state index in [4.69, 9.17) is 19.5 Å². The van der Waals surface area contributed by atoms with Crippen LogP contribution in [0.15, 0.2) is 48.5 Å². The second-order valence-electron chi connectivity index (χ2n) is 6.13. The molecule has 0 bridgehead atoms. The first kappa shape index (κ1) is 15.4. The van der Waals surface area contributed by atoms with E-state index < -0.39 is 0 Å². The molecule has 3 rings (SSSR count). The van der Waals surface area contributed by atoms with E-state index in [-0.39, 0.29) is 11.5 Å². The molecule has 1 aliphatic heterocycles. The Kier molecular flexibility index (Phi) is 4.22. The van der Waals surface area contributed by atoms with Crippen molar-refractivity contribution in [2.75, 3.05) is 13.2 Å². The summed E-state index contributed by atoms with van der Waals surface area (Å²) in [4.78, 5) is 0. The average Bonchev–Trinajstić information content (AvgIpc) is 3.39. The van der Waals surface area contributed by atoms with Crippen LogP contribution in [0.25, 0.3) is 0 Å². The fraction of sp³-hybridized carbons (Fsp3) is 0.316. The van der Waals surface area contributed by atoms with Crippen molar-refractivity contribution in [3.63, 3.8) is 0 Å². The minimum Gasteiger partial charge on any atom is -0.491 e. The topological polar surface area (TPSA) is 54.8 Å². The second kappa shape index (κ2) is 6.31. The smallest absolute Gasteiger partial charge is 0.292 e. The summed E-state index contributed by atoms with van der Waals surface area (Å²) in [6.07, 6.45) is 1.95. The molecular formula is C19H19NO3. The highest BCUT2D eigenvalue weighted by molar-refractivity contribution is 5.42. The zero-order chi connectivity index (χ0) is 16.3. The lowest BCUT2D eigenvalue weighted by Crippen LogP contribution is -2.18. The predicted molar refractivity (Wildman–Crippen MR) is 86.5 cm³/mol. The summed E-state index contributed by atoms with van der Waals surface area (Å²) in [7, 11) is 0. The van der Waals surface area contributed by atoms with Crippen molar-refractivity contribution in [3.05, 3.63) is 59.7 Å². The van der Waals surface area contributed by atoms with Gasteiger partial charge in [0.05, 0.1) is 6.61 Å². The Morgan fingerprint density at radius 3 is 2.04 bits per heavy atom. The monoisotopic (exact) mass is 309 g/mol. The molecule has 1 atom stereocenters. The molecule has 1 unspecified atom stereocenters. The Morgan fingerprint density at radius 1 is 1.04 bits per heavy atom. The highest BCUT2D eigenvalue weighted by Gasteiger charge is 2.24. The van der Waals surface area contributed by atoms with Gasteiger partial charge in [0.1, 0.15) is 24.2 Å². The van der Waals surface area contributed by atoms with Crippen molar-refractivity contribution in [1.82, 2.24) is 0 Å². The van der Waals surface area contributed by atoms with Crippen LogP contribution in [0.2, 0.25) is 0 Å². The molecule has 0 aliphatic carbocycles. The number of ether oxygens (including phenoxy) is 3. The molecule has 1 aliphatic rings. The van der Waals surface area contributed by atoms with Gasteiger partial charge in [-0.1, -0.05) is 38.1 Å². The predicted octanol–water partition coefficient (Wildman–Crippen LogP) is 3.65. The molecule has 1 saturated heterocycles. The molecule has 0 aromatic heterocycles. The molecule has 4 heteroatoms. The number of nitrogens with zero attached hydrogens (tertiary/aromatic N) is 1. The summed E-state index contributed by atoms with van der Waals surface area (Å²) in [5.74, 6) is 1.41. The third kappa shape index (κ3) is 3.64. The van der Waals surface area contributed by atoms with Gasteiger partial charge in [0.25, 0.3) is 6.26 Å². The minimum absolute atomic E-state index is 0.149. The largest absolute Gasteiger partial charge is 0.491 e. The van der Waals surface area contributed by atoms with Crippen LogP contribution in [0, 0.1) is 11.5 Å². The molecule has 0 radical (unpaired) electrons. The van der Waals surface area contributed by atoms with Crippen LogP contribution < -0.4 is 9.47 Å². The highest BCUT2D eigenvalue weighted by Crippen LogP contribution is 2.33. The van der Waals surface area contributed by atoms with E-state index in [1.54, 1.807) is 6.26 Å². The zero-order valence-electron chi connectivity index (χ0n) is 13.3. The van der Waals surface area contributed by atoms with Crippen molar-refractivity contribution in [3.8, 4) is 17.8 Å². The molecule has 1 heterocycles. The lowest BCUT2D eigenvalue weighted by atomic mass is 9.78. The lowest BCUT2D eigenvalue weighted by molar-refractivity contribution is 0.263. The van der Waals surface area contributed by atoms with Gasteiger partial charge in [0.15, 0.2) is 0 Å². The zero-order valence-corrected chi connectivity index (χ0v) is 13.3. The van der Waals surface area contributed by atoms with Crippen molar-refractivity contribution >= 4 is 0 Å². The molecule has 4 nitrogen and oxygen atoms in total. The maximum absolute atomic E-state index is 8.54. The lowest BCUT2D eigenvalue weighted by Gasteiger charge is -2.26. The van der Waals surface area contributed by atoms with E-state index in [1.807, 2.05) is 36.4 Å². The van der Waals surface area contributed by atoms with E-state index >= 15 is 0 Å². The standard InChI is InChI=1S/C19H19NO3/c1-19(2,15-5-9-17(10-6-15)23-13-20)14-3-7-16(8-4-14)21-11-18-12-22-18/h3-10,18H,11-12H2,1-2H3. The fourth-order valence-electron chi connectivity index (χ4n) is 2.48. The van der Waals surface area contributed by atoms with Crippen molar-refractivity contribution in [2.45, 2.75) is 25.4 Å². The molecule has 0 spiro atoms. The summed E-state index contributed by atoms with van der Waals surface area (Å²) in [5, 5.41) is 8.54. The SMILES string of the molecule is CC(C)(c1ccc(OC#N)cc1)c1ccc(OCC2CO2)cc1. The maximum Gasteiger partial charge on any atom is 0.292 e. The Bertz CT molecular complexity index is 695. The molecule has 2 aromatic carbocycles. The van der Waals surface area contributed by atoms with Gasteiger partial charge in [-0.3, -0.25) is 0 Å². The number of epoxide rings is 1. The first-order valence-corrected chi connectivity index (χ1v) is 7.61. The van der Waals surface area contributed by atoms with Gasteiger partial charge >= 0.3 is 0 Å². The van der Waals surface area contributed by atoms with Gasteiger partial charge < -0.3 is 14.2 Å². The first-order valence-electron chi connectivity index (χ1n) is 7.61. The Hall–Kier alpha value is -2.51. The third-order valence-electron chi connectivity index (χ3n) is 4.15. The molecule has 1 fully saturated rings. The summed E-state index contributed by atoms with van der Waals surface area (Å²) in [6, 6.07) is 15.8. The fourth-order valence-corrected chi connectivity index (χ4v) is 2.48. The summed E-state index contributed by atoms with van der Waals surface area (Å²) in [6.45, 7) is 5.75. The number of hydrogen-bond donors (Lipinski definition) is 0. The Labute approximate surface area is 136 Å². The van der Waals surface area contributed by atoms with Crippen molar-refractivity contribution < 1.29 is 14.2 Å². The molecule has 118 valence electrons. The van der Waals surface area contributed by atoms with E-state index in [0.717, 1.165) is 17.9 Å². The van der Waals surface area contributed by atoms with Crippen molar-refractivity contribution in [1.29, 1.82) is 5.26 Å². The van der Waals surface area contributed by atoms with Gasteiger partial charge in [-0.05, 0) is 35.4 Å². The van der Waals surface area contributed by atoms with Crippen LogP contribution in [0.4, 0.5) is 0 Å². The molecule has 0 saturated carbocycles. The molecule has 2 aromatic rings. The number of hydrogen-bond acceptors (Lipinski definition) is 4. The Balaban J connectivity index is 1.73. The van der Waals surface area contributed by atoms with Gasteiger partial charge in [-0.2, -0.15) is 0 Å². The molecule has 0 N–H and O–H groups in total. The van der Waals surface area contributed by atoms with Crippen molar-refractivity contribution in [2.24, 2.45) is 0 Å². The quantitative estimate of drug-likeness (QED) is 0.604. The van der Waals surface area contributed by atoms with Crippen LogP contribution in [0.1, 0.15) is 25.0 Å². The number of nitriles is 1.